The topological polar surface area (TPSA) is 62.2 Å². The minimum atomic E-state index is -0.645. The minimum Gasteiger partial charge on any atom is -0.288 e. The van der Waals surface area contributed by atoms with E-state index in [4.69, 9.17) is 5.21 Å². The number of carbonyl (C=O) groups is 1. The number of hydrogen-bond donors (Lipinski definition) is 2. The van der Waals surface area contributed by atoms with Crippen LogP contribution in [0.1, 0.15) is 5.69 Å². The van der Waals surface area contributed by atoms with E-state index in [2.05, 4.69) is 11.6 Å². The van der Waals surface area contributed by atoms with Crippen LogP contribution in [0.4, 0.5) is 0 Å². The standard InChI is InChI=1S/C8H8N2O2/c1-6(8(11)10-12)7-4-2-3-5-9-7/h2-5,12H,1H2,(H,10,11). The van der Waals surface area contributed by atoms with Crippen molar-refractivity contribution in [2.75, 3.05) is 0 Å². The Bertz CT molecular complexity index is 295. The average molecular weight is 164 g/mol. The summed E-state index contributed by atoms with van der Waals surface area (Å²) < 4.78 is 0. The van der Waals surface area contributed by atoms with Crippen molar-refractivity contribution in [3.05, 3.63) is 36.7 Å². The van der Waals surface area contributed by atoms with Gasteiger partial charge in [0.15, 0.2) is 0 Å². The predicted octanol–water partition coefficient (Wildman–Crippen LogP) is 0.600. The number of aromatic nitrogens is 1. The first-order valence-corrected chi connectivity index (χ1v) is 3.30. The van der Waals surface area contributed by atoms with E-state index in [-0.39, 0.29) is 5.57 Å². The van der Waals surface area contributed by atoms with Crippen molar-refractivity contribution in [2.45, 2.75) is 0 Å². The number of pyridine rings is 1. The summed E-state index contributed by atoms with van der Waals surface area (Å²) in [4.78, 5) is 14.7. The molecule has 1 heterocycles. The zero-order valence-electron chi connectivity index (χ0n) is 6.32. The molecule has 1 rings (SSSR count). The lowest BCUT2D eigenvalue weighted by molar-refractivity contribution is -0.123. The Balaban J connectivity index is 2.86. The molecule has 62 valence electrons. The Morgan fingerprint density at radius 1 is 1.58 bits per heavy atom. The van der Waals surface area contributed by atoms with Crippen molar-refractivity contribution in [3.63, 3.8) is 0 Å². The van der Waals surface area contributed by atoms with Gasteiger partial charge in [-0.05, 0) is 12.1 Å². The molecule has 0 radical (unpaired) electrons. The molecule has 1 amide bonds. The van der Waals surface area contributed by atoms with E-state index in [9.17, 15) is 4.79 Å². The molecular weight excluding hydrogens is 156 g/mol. The average Bonchev–Trinajstić information content (AvgIpc) is 2.17. The van der Waals surface area contributed by atoms with E-state index in [0.29, 0.717) is 5.69 Å². The van der Waals surface area contributed by atoms with Crippen LogP contribution in [0.3, 0.4) is 0 Å². The van der Waals surface area contributed by atoms with Crippen LogP contribution < -0.4 is 5.48 Å². The van der Waals surface area contributed by atoms with Crippen LogP contribution in [-0.4, -0.2) is 16.1 Å². The summed E-state index contributed by atoms with van der Waals surface area (Å²) in [6.45, 7) is 3.46. The maximum atomic E-state index is 10.8. The van der Waals surface area contributed by atoms with Crippen LogP contribution in [0.25, 0.3) is 5.57 Å². The number of hydrogen-bond acceptors (Lipinski definition) is 3. The Hall–Kier alpha value is -1.68. The molecule has 0 spiro atoms. The molecule has 0 atom stereocenters. The van der Waals surface area contributed by atoms with Gasteiger partial charge >= 0.3 is 0 Å². The van der Waals surface area contributed by atoms with Crippen molar-refractivity contribution in [1.29, 1.82) is 0 Å². The quantitative estimate of drug-likeness (QED) is 0.382. The molecule has 0 saturated heterocycles. The first-order valence-electron chi connectivity index (χ1n) is 3.30. The van der Waals surface area contributed by atoms with Crippen LogP contribution in [0.2, 0.25) is 0 Å². The van der Waals surface area contributed by atoms with Gasteiger partial charge in [0.1, 0.15) is 0 Å². The summed E-state index contributed by atoms with van der Waals surface area (Å²) in [6.07, 6.45) is 1.55. The smallest absolute Gasteiger partial charge is 0.276 e. The van der Waals surface area contributed by atoms with Gasteiger partial charge in [-0.25, -0.2) is 5.48 Å². The summed E-state index contributed by atoms with van der Waals surface area (Å²) in [5.41, 5.74) is 2.07. The van der Waals surface area contributed by atoms with E-state index >= 15 is 0 Å². The predicted molar refractivity (Wildman–Crippen MR) is 43.2 cm³/mol. The summed E-state index contributed by atoms with van der Waals surface area (Å²) in [5, 5.41) is 8.28. The second kappa shape index (κ2) is 3.64. The van der Waals surface area contributed by atoms with Crippen molar-refractivity contribution in [1.82, 2.24) is 10.5 Å². The Labute approximate surface area is 69.5 Å². The first-order chi connectivity index (χ1) is 5.75. The normalized spacial score (nSPS) is 9.08. The maximum Gasteiger partial charge on any atom is 0.276 e. The summed E-state index contributed by atoms with van der Waals surface area (Å²) in [7, 11) is 0. The molecule has 0 aliphatic carbocycles. The second-order valence-corrected chi connectivity index (χ2v) is 2.13. The molecule has 0 aromatic carbocycles. The van der Waals surface area contributed by atoms with E-state index in [1.807, 2.05) is 0 Å². The number of nitrogens with one attached hydrogen (secondary N) is 1. The van der Waals surface area contributed by atoms with Crippen LogP contribution in [0.5, 0.6) is 0 Å². The number of rotatable bonds is 2. The number of amides is 1. The molecule has 0 unspecified atom stereocenters. The zero-order chi connectivity index (χ0) is 8.97. The highest BCUT2D eigenvalue weighted by Crippen LogP contribution is 2.06. The molecule has 12 heavy (non-hydrogen) atoms. The molecule has 0 aliphatic rings. The number of carbonyl (C=O) groups excluding carboxylic acids is 1. The van der Waals surface area contributed by atoms with Gasteiger partial charge in [0.25, 0.3) is 5.91 Å². The van der Waals surface area contributed by atoms with E-state index in [0.717, 1.165) is 0 Å². The maximum absolute atomic E-state index is 10.8. The number of hydroxylamine groups is 1. The monoisotopic (exact) mass is 164 g/mol. The summed E-state index contributed by atoms with van der Waals surface area (Å²) in [6, 6.07) is 5.10. The Kier molecular flexibility index (Phi) is 2.55. The Morgan fingerprint density at radius 2 is 2.33 bits per heavy atom. The third kappa shape index (κ3) is 1.67. The Morgan fingerprint density at radius 3 is 2.83 bits per heavy atom. The van der Waals surface area contributed by atoms with Crippen LogP contribution >= 0.6 is 0 Å². The molecule has 0 saturated carbocycles. The highest BCUT2D eigenvalue weighted by molar-refractivity contribution is 6.17. The lowest BCUT2D eigenvalue weighted by Crippen LogP contribution is -2.19. The van der Waals surface area contributed by atoms with Gasteiger partial charge in [-0.3, -0.25) is 15.0 Å². The third-order valence-electron chi connectivity index (χ3n) is 1.35. The lowest BCUT2D eigenvalue weighted by atomic mass is 10.2. The minimum absolute atomic E-state index is 0.137. The fourth-order valence-corrected chi connectivity index (χ4v) is 0.725. The lowest BCUT2D eigenvalue weighted by Gasteiger charge is -2.00. The van der Waals surface area contributed by atoms with Gasteiger partial charge < -0.3 is 0 Å². The van der Waals surface area contributed by atoms with Gasteiger partial charge in [0.2, 0.25) is 0 Å². The van der Waals surface area contributed by atoms with Crippen LogP contribution in [0, 0.1) is 0 Å². The van der Waals surface area contributed by atoms with Crippen molar-refractivity contribution in [2.24, 2.45) is 0 Å². The molecular formula is C8H8N2O2. The number of nitrogens with zero attached hydrogens (tertiary/aromatic N) is 1. The molecule has 0 bridgehead atoms. The molecule has 4 heteroatoms. The van der Waals surface area contributed by atoms with E-state index < -0.39 is 5.91 Å². The molecule has 1 aromatic heterocycles. The molecule has 4 nitrogen and oxygen atoms in total. The van der Waals surface area contributed by atoms with Gasteiger partial charge in [0.05, 0.1) is 11.3 Å². The van der Waals surface area contributed by atoms with E-state index in [1.165, 1.54) is 5.48 Å². The summed E-state index contributed by atoms with van der Waals surface area (Å²) >= 11 is 0. The molecule has 0 fully saturated rings. The fraction of sp³-hybridized carbons (Fsp3) is 0. The van der Waals surface area contributed by atoms with Crippen molar-refractivity contribution >= 4 is 11.5 Å². The summed E-state index contributed by atoms with van der Waals surface area (Å²) in [5.74, 6) is -0.645. The highest BCUT2D eigenvalue weighted by Gasteiger charge is 2.07. The van der Waals surface area contributed by atoms with Crippen LogP contribution in [-0.2, 0) is 4.79 Å². The fourth-order valence-electron chi connectivity index (χ4n) is 0.725. The highest BCUT2D eigenvalue weighted by atomic mass is 16.5. The van der Waals surface area contributed by atoms with Gasteiger partial charge in [-0.1, -0.05) is 12.6 Å². The third-order valence-corrected chi connectivity index (χ3v) is 1.35. The van der Waals surface area contributed by atoms with Crippen molar-refractivity contribution < 1.29 is 10.0 Å². The van der Waals surface area contributed by atoms with Crippen molar-refractivity contribution in [3.8, 4) is 0 Å². The van der Waals surface area contributed by atoms with Gasteiger partial charge in [-0.2, -0.15) is 0 Å². The molecule has 2 N–H and O–H groups in total. The van der Waals surface area contributed by atoms with Crippen LogP contribution in [0.15, 0.2) is 31.0 Å². The molecule has 1 aromatic rings. The van der Waals surface area contributed by atoms with Gasteiger partial charge in [-0.15, -0.1) is 0 Å². The molecule has 0 aliphatic heterocycles. The van der Waals surface area contributed by atoms with E-state index in [1.54, 1.807) is 24.4 Å². The SMILES string of the molecule is C=C(C(=O)NO)c1ccccn1. The van der Waals surface area contributed by atoms with Gasteiger partial charge in [0, 0.05) is 6.20 Å². The first kappa shape index (κ1) is 8.42. The second-order valence-electron chi connectivity index (χ2n) is 2.13. The largest absolute Gasteiger partial charge is 0.288 e. The zero-order valence-corrected chi connectivity index (χ0v) is 6.32.